The number of Topliss-reactive ketones (excluding diaryl/α,β-unsaturated/α-hetero) is 1. The maximum atomic E-state index is 13.1. The van der Waals surface area contributed by atoms with E-state index >= 15 is 0 Å². The van der Waals surface area contributed by atoms with Gasteiger partial charge in [-0.2, -0.15) is 0 Å². The van der Waals surface area contributed by atoms with Crippen molar-refractivity contribution in [2.45, 2.75) is 32.2 Å². The second-order valence-corrected chi connectivity index (χ2v) is 8.95. The maximum Gasteiger partial charge on any atom is 0.258 e. The Hall–Kier alpha value is -3.73. The van der Waals surface area contributed by atoms with E-state index in [2.05, 4.69) is 19.9 Å². The van der Waals surface area contributed by atoms with Crippen molar-refractivity contribution in [3.8, 4) is 5.75 Å². The van der Waals surface area contributed by atoms with Gasteiger partial charge in [0.15, 0.2) is 5.78 Å². The van der Waals surface area contributed by atoms with Gasteiger partial charge in [0.2, 0.25) is 0 Å². The van der Waals surface area contributed by atoms with Crippen molar-refractivity contribution in [1.29, 1.82) is 0 Å². The number of aliphatic imine (C=N–C) groups is 1. The Bertz CT molecular complexity index is 1210. The van der Waals surface area contributed by atoms with Crippen molar-refractivity contribution >= 4 is 23.1 Å². The Balaban J connectivity index is 1.53. The maximum absolute atomic E-state index is 13.1. The van der Waals surface area contributed by atoms with Crippen molar-refractivity contribution in [2.24, 2.45) is 4.99 Å². The Morgan fingerprint density at radius 3 is 2.30 bits per heavy atom. The highest BCUT2D eigenvalue weighted by molar-refractivity contribution is 6.17. The van der Waals surface area contributed by atoms with Crippen LogP contribution in [0.1, 0.15) is 52.1 Å². The lowest BCUT2D eigenvalue weighted by molar-refractivity contribution is 0.0984. The molecular weight excluding hydrogens is 412 g/mol. The van der Waals surface area contributed by atoms with E-state index in [4.69, 9.17) is 9.73 Å². The summed E-state index contributed by atoms with van der Waals surface area (Å²) in [5.41, 5.74) is 4.55. The van der Waals surface area contributed by atoms with Gasteiger partial charge in [-0.1, -0.05) is 36.4 Å². The molecule has 0 saturated heterocycles. The number of benzene rings is 3. The summed E-state index contributed by atoms with van der Waals surface area (Å²) >= 11 is 0. The summed E-state index contributed by atoms with van der Waals surface area (Å²) in [7, 11) is 3.37. The van der Waals surface area contributed by atoms with E-state index in [0.717, 1.165) is 29.1 Å². The number of ketones is 1. The number of fused-ring (bicyclic) bond motifs is 1. The number of carbonyl (C=O) groups is 2. The summed E-state index contributed by atoms with van der Waals surface area (Å²) in [5, 5.41) is 0. The molecule has 0 saturated carbocycles. The number of rotatable bonds is 6. The van der Waals surface area contributed by atoms with Crippen LogP contribution in [0.15, 0.2) is 77.8 Å². The van der Waals surface area contributed by atoms with E-state index in [-0.39, 0.29) is 23.7 Å². The van der Waals surface area contributed by atoms with Gasteiger partial charge in [-0.05, 0) is 62.2 Å². The SMILES string of the molecule is COc1ccc2c(c1)C(CC(=O)c1ccc(C(=O)N(C)c3ccccc3)cc1)=NC(C)(C)C2. The third-order valence-corrected chi connectivity index (χ3v) is 5.92. The average Bonchev–Trinajstić information content (AvgIpc) is 2.83. The van der Waals surface area contributed by atoms with Gasteiger partial charge in [-0.3, -0.25) is 14.6 Å². The molecule has 0 bridgehead atoms. The van der Waals surface area contributed by atoms with Gasteiger partial charge in [0.1, 0.15) is 5.75 Å². The van der Waals surface area contributed by atoms with Crippen LogP contribution in [0.2, 0.25) is 0 Å². The first-order valence-corrected chi connectivity index (χ1v) is 11.0. The second kappa shape index (κ2) is 9.02. The van der Waals surface area contributed by atoms with Crippen LogP contribution in [0.3, 0.4) is 0 Å². The van der Waals surface area contributed by atoms with E-state index < -0.39 is 0 Å². The molecule has 0 atom stereocenters. The Kier molecular flexibility index (Phi) is 6.14. The quantitative estimate of drug-likeness (QED) is 0.484. The second-order valence-electron chi connectivity index (χ2n) is 8.95. The molecule has 0 aromatic heterocycles. The Morgan fingerprint density at radius 1 is 0.970 bits per heavy atom. The van der Waals surface area contributed by atoms with Crippen LogP contribution in [0.4, 0.5) is 5.69 Å². The van der Waals surface area contributed by atoms with Gasteiger partial charge in [-0.25, -0.2) is 0 Å². The van der Waals surface area contributed by atoms with Crippen LogP contribution in [0, 0.1) is 0 Å². The molecular formula is C28H28N2O3. The van der Waals surface area contributed by atoms with Gasteiger partial charge in [0.25, 0.3) is 5.91 Å². The van der Waals surface area contributed by atoms with E-state index in [1.807, 2.05) is 42.5 Å². The molecule has 1 aliphatic heterocycles. The fourth-order valence-corrected chi connectivity index (χ4v) is 4.19. The number of nitrogens with zero attached hydrogens (tertiary/aromatic N) is 2. The van der Waals surface area contributed by atoms with Gasteiger partial charge < -0.3 is 9.64 Å². The molecule has 1 aliphatic rings. The van der Waals surface area contributed by atoms with Crippen LogP contribution in [0.25, 0.3) is 0 Å². The predicted octanol–water partition coefficient (Wildman–Crippen LogP) is 5.37. The van der Waals surface area contributed by atoms with Gasteiger partial charge in [0.05, 0.1) is 24.8 Å². The number of methoxy groups -OCH3 is 1. The van der Waals surface area contributed by atoms with Crippen molar-refractivity contribution in [3.05, 3.63) is 95.1 Å². The lowest BCUT2D eigenvalue weighted by atomic mass is 9.85. The zero-order valence-corrected chi connectivity index (χ0v) is 19.5. The van der Waals surface area contributed by atoms with Crippen molar-refractivity contribution in [3.63, 3.8) is 0 Å². The van der Waals surface area contributed by atoms with Crippen molar-refractivity contribution < 1.29 is 14.3 Å². The molecule has 0 fully saturated rings. The van der Waals surface area contributed by atoms with Crippen molar-refractivity contribution in [2.75, 3.05) is 19.1 Å². The summed E-state index contributed by atoms with van der Waals surface area (Å²) < 4.78 is 5.38. The number of amides is 1. The molecule has 4 rings (SSSR count). The summed E-state index contributed by atoms with van der Waals surface area (Å²) in [6, 6.07) is 22.3. The van der Waals surface area contributed by atoms with Gasteiger partial charge in [-0.15, -0.1) is 0 Å². The monoisotopic (exact) mass is 440 g/mol. The van der Waals surface area contributed by atoms with Crippen LogP contribution in [-0.4, -0.2) is 37.1 Å². The number of anilines is 1. The minimum absolute atomic E-state index is 0.0318. The molecule has 0 spiro atoms. The molecule has 5 heteroatoms. The van der Waals surface area contributed by atoms with Gasteiger partial charge >= 0.3 is 0 Å². The lowest BCUT2D eigenvalue weighted by Crippen LogP contribution is -2.30. The molecule has 1 heterocycles. The number of carbonyl (C=O) groups excluding carboxylic acids is 2. The minimum Gasteiger partial charge on any atom is -0.497 e. The molecule has 0 N–H and O–H groups in total. The summed E-state index contributed by atoms with van der Waals surface area (Å²) in [5.74, 6) is 0.592. The number of ether oxygens (including phenoxy) is 1. The highest BCUT2D eigenvalue weighted by Gasteiger charge is 2.28. The molecule has 0 aliphatic carbocycles. The van der Waals surface area contributed by atoms with Crippen LogP contribution in [0.5, 0.6) is 5.75 Å². The number of hydrogen-bond donors (Lipinski definition) is 0. The predicted molar refractivity (Wildman–Crippen MR) is 132 cm³/mol. The standard InChI is InChI=1S/C28H28N2O3/c1-28(2)18-21-14-15-23(33-4)16-24(21)25(29-28)17-26(31)19-10-12-20(13-11-19)27(32)30(3)22-8-6-5-7-9-22/h5-16H,17-18H2,1-4H3. The fraction of sp³-hybridized carbons (Fsp3) is 0.250. The third kappa shape index (κ3) is 4.87. The molecule has 168 valence electrons. The summed E-state index contributed by atoms with van der Waals surface area (Å²) in [4.78, 5) is 32.4. The molecule has 5 nitrogen and oxygen atoms in total. The summed E-state index contributed by atoms with van der Waals surface area (Å²) in [6.45, 7) is 4.16. The molecule has 33 heavy (non-hydrogen) atoms. The number of hydrogen-bond acceptors (Lipinski definition) is 4. The highest BCUT2D eigenvalue weighted by atomic mass is 16.5. The topological polar surface area (TPSA) is 59.0 Å². The third-order valence-electron chi connectivity index (χ3n) is 5.92. The molecule has 3 aromatic carbocycles. The van der Waals surface area contributed by atoms with Crippen LogP contribution >= 0.6 is 0 Å². The first-order valence-electron chi connectivity index (χ1n) is 11.0. The average molecular weight is 441 g/mol. The Morgan fingerprint density at radius 2 is 1.64 bits per heavy atom. The van der Waals surface area contributed by atoms with E-state index in [9.17, 15) is 9.59 Å². The molecule has 0 radical (unpaired) electrons. The smallest absolute Gasteiger partial charge is 0.258 e. The Labute approximate surface area is 194 Å². The fourth-order valence-electron chi connectivity index (χ4n) is 4.19. The van der Waals surface area contributed by atoms with E-state index in [0.29, 0.717) is 11.1 Å². The molecule has 3 aromatic rings. The van der Waals surface area contributed by atoms with Gasteiger partial charge in [0, 0.05) is 29.4 Å². The zero-order valence-electron chi connectivity index (χ0n) is 19.5. The first kappa shape index (κ1) is 22.5. The normalized spacial score (nSPS) is 14.1. The van der Waals surface area contributed by atoms with Crippen LogP contribution < -0.4 is 9.64 Å². The van der Waals surface area contributed by atoms with E-state index in [1.54, 1.807) is 43.3 Å². The number of para-hydroxylation sites is 1. The molecule has 1 amide bonds. The van der Waals surface area contributed by atoms with Crippen LogP contribution in [-0.2, 0) is 6.42 Å². The first-order chi connectivity index (χ1) is 15.8. The largest absolute Gasteiger partial charge is 0.497 e. The molecule has 0 unspecified atom stereocenters. The highest BCUT2D eigenvalue weighted by Crippen LogP contribution is 2.31. The zero-order chi connectivity index (χ0) is 23.6. The summed E-state index contributed by atoms with van der Waals surface area (Å²) in [6.07, 6.45) is 1.01. The van der Waals surface area contributed by atoms with E-state index in [1.165, 1.54) is 5.56 Å². The minimum atomic E-state index is -0.268. The lowest BCUT2D eigenvalue weighted by Gasteiger charge is -2.29. The van der Waals surface area contributed by atoms with Crippen molar-refractivity contribution in [1.82, 2.24) is 0 Å².